The molecule has 0 rings (SSSR count). The maximum Gasteiger partial charge on any atom is 0.330 e. The molecule has 0 bridgehead atoms. The monoisotopic (exact) mass is 706 g/mol. The third-order valence-electron chi connectivity index (χ3n) is 9.69. The van der Waals surface area contributed by atoms with Crippen molar-refractivity contribution in [3.63, 3.8) is 0 Å². The van der Waals surface area contributed by atoms with Gasteiger partial charge in [0.25, 0.3) is 0 Å². The summed E-state index contributed by atoms with van der Waals surface area (Å²) in [5.41, 5.74) is 2.53. The second-order valence-electron chi connectivity index (χ2n) is 14.6. The second kappa shape index (κ2) is 38.6. The number of esters is 2. The highest BCUT2D eigenvalue weighted by molar-refractivity contribution is 5.83. The fourth-order valence-corrected chi connectivity index (χ4v) is 6.43. The van der Waals surface area contributed by atoms with E-state index in [-0.39, 0.29) is 18.5 Å². The van der Waals surface area contributed by atoms with Gasteiger partial charge in [0.15, 0.2) is 0 Å². The van der Waals surface area contributed by atoms with E-state index in [4.69, 9.17) is 9.47 Å². The molecule has 0 amide bonds. The Labute approximate surface area is 310 Å². The molecule has 50 heavy (non-hydrogen) atoms. The average Bonchev–Trinajstić information content (AvgIpc) is 3.11. The van der Waals surface area contributed by atoms with Gasteiger partial charge < -0.3 is 19.5 Å². The van der Waals surface area contributed by atoms with Crippen molar-refractivity contribution in [3.05, 3.63) is 23.3 Å². The van der Waals surface area contributed by atoms with E-state index in [0.29, 0.717) is 13.2 Å². The first-order chi connectivity index (χ1) is 24.5. The summed E-state index contributed by atoms with van der Waals surface area (Å²) in [5.74, 6) is -0.303. The number of nitrogens with zero attached hydrogens (tertiary/aromatic N) is 1. The van der Waals surface area contributed by atoms with Gasteiger partial charge in [-0.2, -0.15) is 0 Å². The molecular formula is C44H83NO5. The van der Waals surface area contributed by atoms with Crippen LogP contribution >= 0.6 is 0 Å². The Bertz CT molecular complexity index is 759. The number of rotatable bonds is 38. The van der Waals surface area contributed by atoms with Crippen molar-refractivity contribution in [2.24, 2.45) is 0 Å². The summed E-state index contributed by atoms with van der Waals surface area (Å²) in [7, 11) is 0. The van der Waals surface area contributed by atoms with Crippen molar-refractivity contribution in [2.45, 2.75) is 207 Å². The van der Waals surface area contributed by atoms with Crippen molar-refractivity contribution in [3.8, 4) is 0 Å². The Balaban J connectivity index is 3.94. The minimum Gasteiger partial charge on any atom is -0.463 e. The van der Waals surface area contributed by atoms with Crippen LogP contribution in [0.4, 0.5) is 0 Å². The number of carbonyl (C=O) groups is 2. The summed E-state index contributed by atoms with van der Waals surface area (Å²) < 4.78 is 11.0. The summed E-state index contributed by atoms with van der Waals surface area (Å²) in [6.45, 7) is 13.0. The molecule has 294 valence electrons. The van der Waals surface area contributed by atoms with Crippen molar-refractivity contribution < 1.29 is 24.2 Å². The number of allylic oxidation sites excluding steroid dienone is 2. The lowest BCUT2D eigenvalue weighted by Crippen LogP contribution is -2.29. The SMILES string of the molecule is CCCCCC/C(=C\C(=O)OCCCCCCCCN(CCO)CCCCCCCCOC(=O)/C=C(\CCCC)CCCCCC)CCCC. The molecule has 6 heteroatoms. The van der Waals surface area contributed by atoms with E-state index in [1.165, 1.54) is 114 Å². The van der Waals surface area contributed by atoms with Gasteiger partial charge in [-0.3, -0.25) is 0 Å². The Morgan fingerprint density at radius 3 is 1.16 bits per heavy atom. The lowest BCUT2D eigenvalue weighted by molar-refractivity contribution is -0.138. The lowest BCUT2D eigenvalue weighted by Gasteiger charge is -2.21. The molecule has 0 aromatic carbocycles. The zero-order valence-corrected chi connectivity index (χ0v) is 33.7. The van der Waals surface area contributed by atoms with E-state index >= 15 is 0 Å². The molecular weight excluding hydrogens is 622 g/mol. The topological polar surface area (TPSA) is 76.1 Å². The van der Waals surface area contributed by atoms with Gasteiger partial charge in [-0.05, 0) is 90.1 Å². The van der Waals surface area contributed by atoms with Gasteiger partial charge in [0.1, 0.15) is 0 Å². The number of aliphatic hydroxyl groups is 1. The molecule has 0 aromatic rings. The summed E-state index contributed by atoms with van der Waals surface area (Å²) in [4.78, 5) is 27.1. The summed E-state index contributed by atoms with van der Waals surface area (Å²) in [6, 6.07) is 0. The molecule has 6 nitrogen and oxygen atoms in total. The van der Waals surface area contributed by atoms with E-state index in [1.54, 1.807) is 12.2 Å². The van der Waals surface area contributed by atoms with Crippen LogP contribution in [0.1, 0.15) is 207 Å². The normalized spacial score (nSPS) is 12.2. The van der Waals surface area contributed by atoms with Crippen LogP contribution in [0.25, 0.3) is 0 Å². The van der Waals surface area contributed by atoms with Crippen LogP contribution in [0, 0.1) is 0 Å². The zero-order chi connectivity index (χ0) is 36.8. The zero-order valence-electron chi connectivity index (χ0n) is 33.7. The summed E-state index contributed by atoms with van der Waals surface area (Å²) in [6.07, 6.45) is 35.8. The van der Waals surface area contributed by atoms with E-state index < -0.39 is 0 Å². The molecule has 0 radical (unpaired) electrons. The smallest absolute Gasteiger partial charge is 0.330 e. The maximum absolute atomic E-state index is 12.3. The number of aliphatic hydroxyl groups excluding tert-OH is 1. The molecule has 1 N–H and O–H groups in total. The molecule has 0 aromatic heterocycles. The maximum atomic E-state index is 12.3. The van der Waals surface area contributed by atoms with E-state index in [0.717, 1.165) is 96.7 Å². The fraction of sp³-hybridized carbons (Fsp3) is 0.864. The number of ether oxygens (including phenoxy) is 2. The van der Waals surface area contributed by atoms with Gasteiger partial charge in [0, 0.05) is 18.7 Å². The highest BCUT2D eigenvalue weighted by atomic mass is 16.5. The third kappa shape index (κ3) is 33.5. The Morgan fingerprint density at radius 1 is 0.440 bits per heavy atom. The van der Waals surface area contributed by atoms with Gasteiger partial charge in [0.2, 0.25) is 0 Å². The first kappa shape index (κ1) is 48.3. The van der Waals surface area contributed by atoms with Gasteiger partial charge in [0.05, 0.1) is 19.8 Å². The van der Waals surface area contributed by atoms with Crippen LogP contribution in [-0.4, -0.2) is 61.4 Å². The predicted molar refractivity (Wildman–Crippen MR) is 214 cm³/mol. The van der Waals surface area contributed by atoms with E-state index in [9.17, 15) is 14.7 Å². The highest BCUT2D eigenvalue weighted by Gasteiger charge is 2.07. The number of hydrogen-bond donors (Lipinski definition) is 1. The number of unbranched alkanes of at least 4 members (excludes halogenated alkanes) is 18. The van der Waals surface area contributed by atoms with Crippen LogP contribution < -0.4 is 0 Å². The molecule has 0 fully saturated rings. The molecule has 0 aliphatic carbocycles. The van der Waals surface area contributed by atoms with Gasteiger partial charge in [-0.15, -0.1) is 0 Å². The predicted octanol–water partition coefficient (Wildman–Crippen LogP) is 12.2. The molecule has 0 heterocycles. The fourth-order valence-electron chi connectivity index (χ4n) is 6.43. The van der Waals surface area contributed by atoms with Gasteiger partial charge in [-0.25, -0.2) is 9.59 Å². The van der Waals surface area contributed by atoms with Crippen molar-refractivity contribution in [1.82, 2.24) is 4.90 Å². The Morgan fingerprint density at radius 2 is 0.780 bits per heavy atom. The standard InChI is InChI=1S/C44H83NO5/c1-5-9-13-23-31-41(29-11-7-3)39-43(47)49-37-27-21-17-15-19-25-33-45(35-36-46)34-26-20-16-18-22-28-38-50-44(48)40-42(30-12-8-4)32-24-14-10-6-2/h39-40,46H,5-38H2,1-4H3/b41-39-,42-40+. The Kier molecular flexibility index (Phi) is 37.3. The van der Waals surface area contributed by atoms with Crippen LogP contribution in [-0.2, 0) is 19.1 Å². The van der Waals surface area contributed by atoms with Crippen LogP contribution in [0.15, 0.2) is 23.3 Å². The van der Waals surface area contributed by atoms with Gasteiger partial charge >= 0.3 is 11.9 Å². The minimum absolute atomic E-state index is 0.152. The molecule has 0 saturated carbocycles. The quantitative estimate of drug-likeness (QED) is 0.0391. The largest absolute Gasteiger partial charge is 0.463 e. The van der Waals surface area contributed by atoms with Crippen LogP contribution in [0.2, 0.25) is 0 Å². The van der Waals surface area contributed by atoms with E-state index in [2.05, 4.69) is 32.6 Å². The molecule has 0 unspecified atom stereocenters. The van der Waals surface area contributed by atoms with E-state index in [1.807, 2.05) is 0 Å². The van der Waals surface area contributed by atoms with Crippen molar-refractivity contribution in [1.29, 1.82) is 0 Å². The summed E-state index contributed by atoms with van der Waals surface area (Å²) in [5, 5.41) is 9.53. The Hall–Kier alpha value is -1.66. The number of carbonyl (C=O) groups excluding carboxylic acids is 2. The van der Waals surface area contributed by atoms with Crippen molar-refractivity contribution >= 4 is 11.9 Å². The van der Waals surface area contributed by atoms with Gasteiger partial charge in [-0.1, -0.05) is 142 Å². The first-order valence-electron chi connectivity index (χ1n) is 21.6. The molecule has 0 saturated heterocycles. The molecule has 0 spiro atoms. The molecule has 0 aliphatic rings. The third-order valence-corrected chi connectivity index (χ3v) is 9.69. The summed E-state index contributed by atoms with van der Waals surface area (Å²) >= 11 is 0. The lowest BCUT2D eigenvalue weighted by atomic mass is 10.0. The van der Waals surface area contributed by atoms with Crippen LogP contribution in [0.5, 0.6) is 0 Å². The molecule has 0 atom stereocenters. The molecule has 0 aliphatic heterocycles. The highest BCUT2D eigenvalue weighted by Crippen LogP contribution is 2.18. The average molecular weight is 706 g/mol. The van der Waals surface area contributed by atoms with Crippen LogP contribution in [0.3, 0.4) is 0 Å². The second-order valence-corrected chi connectivity index (χ2v) is 14.6. The minimum atomic E-state index is -0.152. The number of hydrogen-bond acceptors (Lipinski definition) is 6. The van der Waals surface area contributed by atoms with Crippen molar-refractivity contribution in [2.75, 3.05) is 39.5 Å². The first-order valence-corrected chi connectivity index (χ1v) is 21.6.